The first-order valence-corrected chi connectivity index (χ1v) is 9.72. The normalized spacial score (nSPS) is 12.8. The average Bonchev–Trinajstić information content (AvgIpc) is 3.15. The molecule has 0 spiro atoms. The molecular weight excluding hydrogens is 426 g/mol. The van der Waals surface area contributed by atoms with Crippen LogP contribution in [0.5, 0.6) is 17.2 Å². The molecule has 8 heteroatoms. The van der Waals surface area contributed by atoms with E-state index in [0.29, 0.717) is 52.6 Å². The van der Waals surface area contributed by atoms with Crippen LogP contribution >= 0.6 is 15.9 Å². The van der Waals surface area contributed by atoms with Crippen LogP contribution in [0.25, 0.3) is 10.9 Å². The van der Waals surface area contributed by atoms with Gasteiger partial charge in [-0.1, -0.05) is 22.9 Å². The Kier molecular flexibility index (Phi) is 5.04. The number of fused-ring (bicyclic) bond motifs is 2. The van der Waals surface area contributed by atoms with E-state index >= 15 is 0 Å². The number of ether oxygens (including phenoxy) is 3. The van der Waals surface area contributed by atoms with Crippen molar-refractivity contribution < 1.29 is 14.2 Å². The smallest absolute Gasteiger partial charge is 0.282 e. The first-order valence-electron chi connectivity index (χ1n) is 8.92. The van der Waals surface area contributed by atoms with Gasteiger partial charge in [0.25, 0.3) is 5.56 Å². The minimum Gasteiger partial charge on any atom is -0.493 e. The van der Waals surface area contributed by atoms with Gasteiger partial charge in [0.2, 0.25) is 6.79 Å². The highest BCUT2D eigenvalue weighted by molar-refractivity contribution is 9.10. The zero-order chi connectivity index (χ0) is 19.7. The lowest BCUT2D eigenvalue weighted by atomic mass is 10.2. The van der Waals surface area contributed by atoms with E-state index < -0.39 is 0 Å². The van der Waals surface area contributed by atoms with Crippen molar-refractivity contribution in [2.45, 2.75) is 20.3 Å². The fourth-order valence-electron chi connectivity index (χ4n) is 2.98. The quantitative estimate of drug-likeness (QED) is 0.561. The summed E-state index contributed by atoms with van der Waals surface area (Å²) in [6, 6.07) is 9.00. The van der Waals surface area contributed by atoms with Crippen LogP contribution in [0.3, 0.4) is 0 Å². The molecule has 3 aromatic rings. The topological polar surface area (TPSA) is 74.9 Å². The molecule has 0 saturated carbocycles. The molecule has 0 aliphatic carbocycles. The van der Waals surface area contributed by atoms with Crippen LogP contribution in [0.2, 0.25) is 0 Å². The second kappa shape index (κ2) is 7.63. The van der Waals surface area contributed by atoms with Gasteiger partial charge in [0.15, 0.2) is 11.5 Å². The van der Waals surface area contributed by atoms with Crippen LogP contribution in [0.4, 0.5) is 0 Å². The van der Waals surface area contributed by atoms with Crippen LogP contribution in [-0.2, 0) is 6.42 Å². The summed E-state index contributed by atoms with van der Waals surface area (Å²) >= 11 is 3.40. The Bertz CT molecular complexity index is 1140. The van der Waals surface area contributed by atoms with Crippen LogP contribution in [0.1, 0.15) is 25.2 Å². The number of hydrogen-bond acceptors (Lipinski definition) is 6. The number of benzene rings is 2. The van der Waals surface area contributed by atoms with E-state index in [1.54, 1.807) is 24.4 Å². The average molecular weight is 444 g/mol. The number of aromatic nitrogens is 2. The molecule has 4 rings (SSSR count). The SMILES string of the molecule is CCOc1cc2c(cc1C=Nn1c(CC)nc3ccc(Br)cc3c1=O)OCO2. The fraction of sp³-hybridized carbons (Fsp3) is 0.250. The van der Waals surface area contributed by atoms with Gasteiger partial charge >= 0.3 is 0 Å². The number of aryl methyl sites for hydroxylation is 1. The fourth-order valence-corrected chi connectivity index (χ4v) is 3.34. The van der Waals surface area contributed by atoms with Gasteiger partial charge in [-0.2, -0.15) is 9.78 Å². The summed E-state index contributed by atoms with van der Waals surface area (Å²) in [6.07, 6.45) is 2.15. The molecule has 1 aliphatic heterocycles. The lowest BCUT2D eigenvalue weighted by Gasteiger charge is -2.10. The second-order valence-corrected chi connectivity index (χ2v) is 7.00. The molecule has 1 aromatic heterocycles. The minimum atomic E-state index is -0.224. The van der Waals surface area contributed by atoms with Gasteiger partial charge in [-0.15, -0.1) is 0 Å². The van der Waals surface area contributed by atoms with Crippen molar-refractivity contribution in [2.75, 3.05) is 13.4 Å². The maximum Gasteiger partial charge on any atom is 0.282 e. The van der Waals surface area contributed by atoms with E-state index in [9.17, 15) is 4.79 Å². The summed E-state index contributed by atoms with van der Waals surface area (Å²) in [5.41, 5.74) is 1.11. The Labute approximate surface area is 169 Å². The van der Waals surface area contributed by atoms with Crippen LogP contribution in [0.15, 0.2) is 44.7 Å². The largest absolute Gasteiger partial charge is 0.493 e. The molecular formula is C20H18BrN3O4. The molecule has 144 valence electrons. The highest BCUT2D eigenvalue weighted by Crippen LogP contribution is 2.37. The molecule has 0 atom stereocenters. The minimum absolute atomic E-state index is 0.171. The highest BCUT2D eigenvalue weighted by Gasteiger charge is 2.17. The van der Waals surface area contributed by atoms with Gasteiger partial charge in [0.1, 0.15) is 11.6 Å². The molecule has 0 radical (unpaired) electrons. The molecule has 0 fully saturated rings. The zero-order valence-corrected chi connectivity index (χ0v) is 17.0. The Morgan fingerprint density at radius 2 is 2.04 bits per heavy atom. The van der Waals surface area contributed by atoms with E-state index in [2.05, 4.69) is 26.0 Å². The van der Waals surface area contributed by atoms with Crippen molar-refractivity contribution in [1.82, 2.24) is 9.66 Å². The van der Waals surface area contributed by atoms with Crippen molar-refractivity contribution in [3.63, 3.8) is 0 Å². The molecule has 2 heterocycles. The van der Waals surface area contributed by atoms with Crippen molar-refractivity contribution >= 4 is 33.0 Å². The number of rotatable bonds is 5. The van der Waals surface area contributed by atoms with Gasteiger partial charge in [-0.3, -0.25) is 4.79 Å². The Balaban J connectivity index is 1.83. The standard InChI is InChI=1S/C20H18BrN3O4/c1-3-19-23-15-6-5-13(21)8-14(15)20(25)24(19)22-10-12-7-17-18(28-11-27-17)9-16(12)26-4-2/h5-10H,3-4,11H2,1-2H3. The van der Waals surface area contributed by atoms with Crippen LogP contribution in [0, 0.1) is 0 Å². The molecule has 0 N–H and O–H groups in total. The second-order valence-electron chi connectivity index (χ2n) is 6.08. The van der Waals surface area contributed by atoms with E-state index in [1.165, 1.54) is 4.68 Å². The highest BCUT2D eigenvalue weighted by atomic mass is 79.9. The van der Waals surface area contributed by atoms with Gasteiger partial charge in [-0.05, 0) is 31.2 Å². The molecule has 0 saturated heterocycles. The van der Waals surface area contributed by atoms with E-state index in [4.69, 9.17) is 14.2 Å². The molecule has 0 bridgehead atoms. The third kappa shape index (κ3) is 3.35. The van der Waals surface area contributed by atoms with E-state index in [0.717, 1.165) is 4.47 Å². The van der Waals surface area contributed by atoms with Gasteiger partial charge in [0, 0.05) is 22.5 Å². The third-order valence-corrected chi connectivity index (χ3v) is 4.80. The van der Waals surface area contributed by atoms with E-state index in [1.807, 2.05) is 26.0 Å². The Hall–Kier alpha value is -2.87. The summed E-state index contributed by atoms with van der Waals surface area (Å²) in [6.45, 7) is 4.50. The first kappa shape index (κ1) is 18.5. The summed E-state index contributed by atoms with van der Waals surface area (Å²) in [5, 5.41) is 4.92. The predicted molar refractivity (Wildman–Crippen MR) is 110 cm³/mol. The lowest BCUT2D eigenvalue weighted by molar-refractivity contribution is 0.174. The Morgan fingerprint density at radius 1 is 1.25 bits per heavy atom. The predicted octanol–water partition coefficient (Wildman–Crippen LogP) is 3.73. The summed E-state index contributed by atoms with van der Waals surface area (Å²) in [4.78, 5) is 17.6. The summed E-state index contributed by atoms with van der Waals surface area (Å²) in [5.74, 6) is 2.44. The number of nitrogens with zero attached hydrogens (tertiary/aromatic N) is 3. The molecule has 1 aliphatic rings. The van der Waals surface area contributed by atoms with Crippen molar-refractivity contribution in [3.05, 3.63) is 56.5 Å². The van der Waals surface area contributed by atoms with Crippen molar-refractivity contribution in [2.24, 2.45) is 5.10 Å². The summed E-state index contributed by atoms with van der Waals surface area (Å²) in [7, 11) is 0. The Morgan fingerprint density at radius 3 is 2.79 bits per heavy atom. The first-order chi connectivity index (χ1) is 13.6. The maximum absolute atomic E-state index is 13.0. The third-order valence-electron chi connectivity index (χ3n) is 4.31. The number of hydrogen-bond donors (Lipinski definition) is 0. The van der Waals surface area contributed by atoms with Crippen molar-refractivity contribution in [1.29, 1.82) is 0 Å². The zero-order valence-electron chi connectivity index (χ0n) is 15.4. The number of halogens is 1. The molecule has 28 heavy (non-hydrogen) atoms. The van der Waals surface area contributed by atoms with Gasteiger partial charge in [0.05, 0.1) is 23.7 Å². The maximum atomic E-state index is 13.0. The monoisotopic (exact) mass is 443 g/mol. The molecule has 7 nitrogen and oxygen atoms in total. The van der Waals surface area contributed by atoms with Gasteiger partial charge in [-0.25, -0.2) is 4.98 Å². The summed E-state index contributed by atoms with van der Waals surface area (Å²) < 4.78 is 18.7. The van der Waals surface area contributed by atoms with Crippen LogP contribution < -0.4 is 19.8 Å². The van der Waals surface area contributed by atoms with Gasteiger partial charge < -0.3 is 14.2 Å². The molecule has 2 aromatic carbocycles. The van der Waals surface area contributed by atoms with E-state index in [-0.39, 0.29) is 12.4 Å². The lowest BCUT2D eigenvalue weighted by Crippen LogP contribution is -2.22. The molecule has 0 unspecified atom stereocenters. The van der Waals surface area contributed by atoms with Crippen LogP contribution in [-0.4, -0.2) is 29.3 Å². The van der Waals surface area contributed by atoms with Crippen molar-refractivity contribution in [3.8, 4) is 17.2 Å². The molecule has 0 amide bonds.